The molecule has 4 aromatic rings. The first kappa shape index (κ1) is 22.5. The van der Waals surface area contributed by atoms with Crippen LogP contribution in [0, 0.1) is 6.92 Å². The highest BCUT2D eigenvalue weighted by atomic mass is 16.5. The number of para-hydroxylation sites is 1. The van der Waals surface area contributed by atoms with Crippen molar-refractivity contribution in [1.82, 2.24) is 15.1 Å². The highest BCUT2D eigenvalue weighted by Gasteiger charge is 2.49. The molecular weight excluding hydrogens is 444 g/mol. The molecule has 8 nitrogen and oxygen atoms in total. The van der Waals surface area contributed by atoms with Crippen molar-refractivity contribution >= 4 is 17.5 Å². The number of carbonyl (C=O) groups excluding carboxylic acids is 2. The molecule has 0 spiro atoms. The van der Waals surface area contributed by atoms with E-state index in [0.29, 0.717) is 29.4 Å². The zero-order chi connectivity index (χ0) is 24.6. The van der Waals surface area contributed by atoms with Gasteiger partial charge in [0.15, 0.2) is 5.76 Å². The van der Waals surface area contributed by atoms with Crippen LogP contribution in [0.15, 0.2) is 77.4 Å². The van der Waals surface area contributed by atoms with Crippen molar-refractivity contribution in [3.05, 3.63) is 89.8 Å². The number of anilines is 1. The Morgan fingerprint density at radius 1 is 1.14 bits per heavy atom. The molecule has 35 heavy (non-hydrogen) atoms. The smallest absolute Gasteiger partial charge is 0.277 e. The van der Waals surface area contributed by atoms with Crippen molar-refractivity contribution in [2.75, 3.05) is 12.0 Å². The standard InChI is InChI=1S/C27H26N4O4/c1-18-7-4-5-8-22(18)31-25(32)23-15-21(24-9-6-14-35-24)29-30(23)17-27(31,2)26(33)28-16-19-10-12-20(34-3)13-11-19/h4-15H,16-17H2,1-3H3,(H,28,33). The number of nitrogens with zero attached hydrogens (tertiary/aromatic N) is 3. The number of nitrogens with one attached hydrogen (secondary N) is 1. The fraction of sp³-hybridized carbons (Fsp3) is 0.222. The molecule has 1 atom stereocenters. The highest BCUT2D eigenvalue weighted by molar-refractivity contribution is 6.12. The van der Waals surface area contributed by atoms with E-state index in [1.165, 1.54) is 0 Å². The number of aromatic nitrogens is 2. The molecule has 0 saturated heterocycles. The van der Waals surface area contributed by atoms with Crippen LogP contribution in [0.25, 0.3) is 11.5 Å². The van der Waals surface area contributed by atoms with Crippen LogP contribution in [0.5, 0.6) is 5.75 Å². The number of rotatable bonds is 6. The van der Waals surface area contributed by atoms with E-state index in [2.05, 4.69) is 10.4 Å². The summed E-state index contributed by atoms with van der Waals surface area (Å²) >= 11 is 0. The Balaban J connectivity index is 1.51. The molecule has 0 aliphatic carbocycles. The second kappa shape index (κ2) is 8.79. The molecule has 2 amide bonds. The Bertz CT molecular complexity index is 1370. The third kappa shape index (κ3) is 3.97. The van der Waals surface area contributed by atoms with E-state index in [1.807, 2.05) is 55.5 Å². The Morgan fingerprint density at radius 2 is 1.91 bits per heavy atom. The van der Waals surface area contributed by atoms with Crippen LogP contribution in [0.3, 0.4) is 0 Å². The topological polar surface area (TPSA) is 89.6 Å². The Kier molecular flexibility index (Phi) is 5.64. The summed E-state index contributed by atoms with van der Waals surface area (Å²) in [6.45, 7) is 4.21. The van der Waals surface area contributed by atoms with Crippen LogP contribution in [-0.2, 0) is 17.9 Å². The highest BCUT2D eigenvalue weighted by Crippen LogP contribution is 2.35. The first-order valence-corrected chi connectivity index (χ1v) is 11.3. The van der Waals surface area contributed by atoms with E-state index in [-0.39, 0.29) is 18.4 Å². The third-order valence-electron chi connectivity index (χ3n) is 6.38. The van der Waals surface area contributed by atoms with Crippen molar-refractivity contribution in [3.63, 3.8) is 0 Å². The fourth-order valence-corrected chi connectivity index (χ4v) is 4.43. The number of hydrogen-bond donors (Lipinski definition) is 1. The van der Waals surface area contributed by atoms with Crippen LogP contribution in [0.1, 0.15) is 28.5 Å². The lowest BCUT2D eigenvalue weighted by atomic mass is 9.93. The molecule has 2 aromatic carbocycles. The third-order valence-corrected chi connectivity index (χ3v) is 6.38. The summed E-state index contributed by atoms with van der Waals surface area (Å²) < 4.78 is 12.3. The number of benzene rings is 2. The molecule has 1 unspecified atom stereocenters. The number of fused-ring (bicyclic) bond motifs is 1. The summed E-state index contributed by atoms with van der Waals surface area (Å²) in [5.41, 5.74) is 2.24. The quantitative estimate of drug-likeness (QED) is 0.456. The summed E-state index contributed by atoms with van der Waals surface area (Å²) in [5, 5.41) is 7.61. The normalized spacial score (nSPS) is 17.2. The molecule has 0 fully saturated rings. The van der Waals surface area contributed by atoms with Gasteiger partial charge in [-0.3, -0.25) is 19.2 Å². The SMILES string of the molecule is COc1ccc(CNC(=O)C2(C)Cn3nc(-c4ccco4)cc3C(=O)N2c2ccccc2C)cc1. The fourth-order valence-electron chi connectivity index (χ4n) is 4.43. The van der Waals surface area contributed by atoms with Crippen molar-refractivity contribution in [3.8, 4) is 17.2 Å². The van der Waals surface area contributed by atoms with Gasteiger partial charge in [-0.1, -0.05) is 30.3 Å². The van der Waals surface area contributed by atoms with E-state index in [4.69, 9.17) is 9.15 Å². The number of aryl methyl sites for hydroxylation is 1. The minimum atomic E-state index is -1.21. The van der Waals surface area contributed by atoms with E-state index < -0.39 is 5.54 Å². The maximum Gasteiger partial charge on any atom is 0.277 e. The van der Waals surface area contributed by atoms with E-state index in [9.17, 15) is 9.59 Å². The van der Waals surface area contributed by atoms with E-state index in [0.717, 1.165) is 16.9 Å². The van der Waals surface area contributed by atoms with Gasteiger partial charge in [0.05, 0.1) is 19.9 Å². The molecule has 0 bridgehead atoms. The summed E-state index contributed by atoms with van der Waals surface area (Å²) in [4.78, 5) is 29.2. The lowest BCUT2D eigenvalue weighted by Crippen LogP contribution is -2.64. The molecule has 1 N–H and O–H groups in total. The molecule has 5 rings (SSSR count). The number of furan rings is 1. The minimum Gasteiger partial charge on any atom is -0.497 e. The molecule has 2 aromatic heterocycles. The Morgan fingerprint density at radius 3 is 2.60 bits per heavy atom. The van der Waals surface area contributed by atoms with Gasteiger partial charge in [0.2, 0.25) is 5.91 Å². The lowest BCUT2D eigenvalue weighted by molar-refractivity contribution is -0.126. The van der Waals surface area contributed by atoms with Gasteiger partial charge in [-0.15, -0.1) is 0 Å². The molecule has 8 heteroatoms. The maximum absolute atomic E-state index is 13.9. The van der Waals surface area contributed by atoms with E-state index in [1.54, 1.807) is 48.1 Å². The summed E-state index contributed by atoms with van der Waals surface area (Å²) in [6, 6.07) is 20.3. The van der Waals surface area contributed by atoms with E-state index >= 15 is 0 Å². The molecule has 1 aliphatic heterocycles. The van der Waals surface area contributed by atoms with Crippen LogP contribution < -0.4 is 15.0 Å². The van der Waals surface area contributed by atoms with Gasteiger partial charge in [-0.25, -0.2) is 0 Å². The van der Waals surface area contributed by atoms with Crippen LogP contribution in [-0.4, -0.2) is 34.2 Å². The molecule has 178 valence electrons. The molecular formula is C27H26N4O4. The van der Waals surface area contributed by atoms with Crippen LogP contribution >= 0.6 is 0 Å². The van der Waals surface area contributed by atoms with Crippen LogP contribution in [0.4, 0.5) is 5.69 Å². The number of methoxy groups -OCH3 is 1. The number of hydrogen-bond acceptors (Lipinski definition) is 5. The average molecular weight is 471 g/mol. The largest absolute Gasteiger partial charge is 0.497 e. The summed E-state index contributed by atoms with van der Waals surface area (Å²) in [6.07, 6.45) is 1.56. The number of carbonyl (C=O) groups is 2. The van der Waals surface area contributed by atoms with Crippen molar-refractivity contribution in [1.29, 1.82) is 0 Å². The second-order valence-electron chi connectivity index (χ2n) is 8.78. The molecule has 0 radical (unpaired) electrons. The maximum atomic E-state index is 13.9. The predicted octanol–water partition coefficient (Wildman–Crippen LogP) is 4.20. The van der Waals surface area contributed by atoms with Crippen molar-refractivity contribution in [2.45, 2.75) is 32.5 Å². The van der Waals surface area contributed by atoms with Crippen LogP contribution in [0.2, 0.25) is 0 Å². The Hall–Kier alpha value is -4.33. The first-order valence-electron chi connectivity index (χ1n) is 11.3. The van der Waals surface area contributed by atoms with Gasteiger partial charge >= 0.3 is 0 Å². The average Bonchev–Trinajstić information content (AvgIpc) is 3.54. The molecule has 0 saturated carbocycles. The monoisotopic (exact) mass is 470 g/mol. The zero-order valence-electron chi connectivity index (χ0n) is 19.8. The zero-order valence-corrected chi connectivity index (χ0v) is 19.8. The second-order valence-corrected chi connectivity index (χ2v) is 8.78. The molecule has 3 heterocycles. The van der Waals surface area contributed by atoms with Gasteiger partial charge in [-0.05, 0) is 55.3 Å². The predicted molar refractivity (Wildman–Crippen MR) is 131 cm³/mol. The van der Waals surface area contributed by atoms with Gasteiger partial charge in [0.1, 0.15) is 22.7 Å². The van der Waals surface area contributed by atoms with Crippen molar-refractivity contribution < 1.29 is 18.7 Å². The Labute approximate surface area is 203 Å². The van der Waals surface area contributed by atoms with Gasteiger partial charge in [-0.2, -0.15) is 5.10 Å². The summed E-state index contributed by atoms with van der Waals surface area (Å²) in [5.74, 6) is 0.741. The van der Waals surface area contributed by atoms with Gasteiger partial charge in [0.25, 0.3) is 5.91 Å². The van der Waals surface area contributed by atoms with Gasteiger partial charge in [0, 0.05) is 18.3 Å². The van der Waals surface area contributed by atoms with Crippen molar-refractivity contribution in [2.24, 2.45) is 0 Å². The molecule has 1 aliphatic rings. The lowest BCUT2D eigenvalue weighted by Gasteiger charge is -2.43. The number of ether oxygens (including phenoxy) is 1. The van der Waals surface area contributed by atoms with Gasteiger partial charge < -0.3 is 14.5 Å². The summed E-state index contributed by atoms with van der Waals surface area (Å²) in [7, 11) is 1.61. The number of amides is 2. The first-order chi connectivity index (χ1) is 16.9. The minimum absolute atomic E-state index is 0.192.